The lowest BCUT2D eigenvalue weighted by atomic mass is 10.0. The van der Waals surface area contributed by atoms with Crippen LogP contribution < -0.4 is 5.32 Å². The Morgan fingerprint density at radius 1 is 1.24 bits per heavy atom. The van der Waals surface area contributed by atoms with Crippen LogP contribution in [0.1, 0.15) is 46.2 Å². The van der Waals surface area contributed by atoms with E-state index in [4.69, 9.17) is 0 Å². The largest absolute Gasteiger partial charge is 0.310 e. The van der Waals surface area contributed by atoms with Crippen molar-refractivity contribution >= 4 is 11.8 Å². The zero-order valence-corrected chi connectivity index (χ0v) is 15.0. The van der Waals surface area contributed by atoms with E-state index < -0.39 is 0 Å². The van der Waals surface area contributed by atoms with Crippen molar-refractivity contribution in [3.05, 3.63) is 35.9 Å². The topological polar surface area (TPSA) is 15.3 Å². The first-order chi connectivity index (χ1) is 9.77. The van der Waals surface area contributed by atoms with Crippen molar-refractivity contribution < 1.29 is 0 Å². The van der Waals surface area contributed by atoms with Crippen LogP contribution in [0.3, 0.4) is 0 Å². The molecule has 1 fully saturated rings. The fraction of sp³-hybridized carbons (Fsp3) is 0.667. The first-order valence-corrected chi connectivity index (χ1v) is 8.93. The van der Waals surface area contributed by atoms with Crippen molar-refractivity contribution in [1.29, 1.82) is 0 Å². The molecule has 0 aliphatic carbocycles. The minimum atomic E-state index is 0.160. The number of benzene rings is 1. The highest BCUT2D eigenvalue weighted by Gasteiger charge is 2.32. The number of rotatable bonds is 4. The van der Waals surface area contributed by atoms with Gasteiger partial charge in [-0.3, -0.25) is 4.90 Å². The fourth-order valence-corrected chi connectivity index (χ4v) is 3.99. The van der Waals surface area contributed by atoms with Crippen LogP contribution in [0.2, 0.25) is 0 Å². The molecule has 1 aliphatic heterocycles. The highest BCUT2D eigenvalue weighted by Crippen LogP contribution is 2.34. The Labute approximate surface area is 134 Å². The Kier molecular flexibility index (Phi) is 5.39. The number of nitrogens with one attached hydrogen (secondary N) is 1. The van der Waals surface area contributed by atoms with Gasteiger partial charge in [-0.2, -0.15) is 11.8 Å². The van der Waals surface area contributed by atoms with Crippen molar-refractivity contribution in [2.24, 2.45) is 0 Å². The average Bonchev–Trinajstić information content (AvgIpc) is 2.38. The molecule has 1 saturated heterocycles. The predicted molar refractivity (Wildman–Crippen MR) is 95.0 cm³/mol. The number of hydrogen-bond donors (Lipinski definition) is 1. The number of hydrogen-bond acceptors (Lipinski definition) is 3. The van der Waals surface area contributed by atoms with Crippen LogP contribution in [0.25, 0.3) is 0 Å². The molecule has 0 bridgehead atoms. The van der Waals surface area contributed by atoms with Gasteiger partial charge in [-0.15, -0.1) is 0 Å². The standard InChI is InChI=1S/C18H30N2S/c1-17(2,3)19-13-16(15-9-7-6-8-10-15)20-11-12-21-18(4,5)14-20/h6-10,16,19H,11-14H2,1-5H3. The third kappa shape index (κ3) is 5.32. The summed E-state index contributed by atoms with van der Waals surface area (Å²) >= 11 is 2.10. The predicted octanol–water partition coefficient (Wildman–Crippen LogP) is 3.94. The summed E-state index contributed by atoms with van der Waals surface area (Å²) in [5.41, 5.74) is 1.59. The van der Waals surface area contributed by atoms with E-state index in [1.54, 1.807) is 0 Å². The summed E-state index contributed by atoms with van der Waals surface area (Å²) in [5, 5.41) is 3.70. The van der Waals surface area contributed by atoms with Crippen LogP contribution in [0.15, 0.2) is 30.3 Å². The highest BCUT2D eigenvalue weighted by atomic mass is 32.2. The highest BCUT2D eigenvalue weighted by molar-refractivity contribution is 8.00. The zero-order chi connectivity index (χ0) is 15.5. The van der Waals surface area contributed by atoms with Crippen LogP contribution in [-0.4, -0.2) is 40.6 Å². The lowest BCUT2D eigenvalue weighted by Gasteiger charge is -2.43. The van der Waals surface area contributed by atoms with Gasteiger partial charge in [0.15, 0.2) is 0 Å². The number of thioether (sulfide) groups is 1. The Balaban J connectivity index is 2.15. The Morgan fingerprint density at radius 3 is 2.48 bits per heavy atom. The third-order valence-corrected chi connectivity index (χ3v) is 5.20. The van der Waals surface area contributed by atoms with Gasteiger partial charge in [0.25, 0.3) is 0 Å². The van der Waals surface area contributed by atoms with Crippen molar-refractivity contribution in [2.75, 3.05) is 25.4 Å². The van der Waals surface area contributed by atoms with Crippen molar-refractivity contribution in [1.82, 2.24) is 10.2 Å². The quantitative estimate of drug-likeness (QED) is 0.907. The molecule has 21 heavy (non-hydrogen) atoms. The maximum absolute atomic E-state index is 3.70. The molecule has 1 aromatic carbocycles. The minimum Gasteiger partial charge on any atom is -0.310 e. The molecule has 1 aromatic rings. The van der Waals surface area contributed by atoms with Gasteiger partial charge in [0.2, 0.25) is 0 Å². The molecule has 3 heteroatoms. The maximum atomic E-state index is 3.70. The first kappa shape index (κ1) is 16.9. The first-order valence-electron chi connectivity index (χ1n) is 7.95. The summed E-state index contributed by atoms with van der Waals surface area (Å²) in [6, 6.07) is 11.4. The molecule has 0 spiro atoms. The van der Waals surface area contributed by atoms with Gasteiger partial charge in [-0.05, 0) is 40.2 Å². The summed E-state index contributed by atoms with van der Waals surface area (Å²) in [7, 11) is 0. The molecular formula is C18H30N2S. The van der Waals surface area contributed by atoms with Gasteiger partial charge >= 0.3 is 0 Å². The minimum absolute atomic E-state index is 0.160. The van der Waals surface area contributed by atoms with Crippen LogP contribution in [0, 0.1) is 0 Å². The smallest absolute Gasteiger partial charge is 0.0473 e. The molecule has 1 unspecified atom stereocenters. The molecule has 1 heterocycles. The van der Waals surface area contributed by atoms with Gasteiger partial charge in [0.1, 0.15) is 0 Å². The maximum Gasteiger partial charge on any atom is 0.0473 e. The molecule has 1 N–H and O–H groups in total. The van der Waals surface area contributed by atoms with E-state index in [9.17, 15) is 0 Å². The molecule has 2 rings (SSSR count). The van der Waals surface area contributed by atoms with Gasteiger partial charge in [-0.1, -0.05) is 30.3 Å². The summed E-state index contributed by atoms with van der Waals surface area (Å²) in [5.74, 6) is 1.23. The molecule has 0 radical (unpaired) electrons. The molecule has 1 atom stereocenters. The Morgan fingerprint density at radius 2 is 1.90 bits per heavy atom. The van der Waals surface area contributed by atoms with Crippen LogP contribution in [0.5, 0.6) is 0 Å². The van der Waals surface area contributed by atoms with Crippen molar-refractivity contribution in [3.63, 3.8) is 0 Å². The lowest BCUT2D eigenvalue weighted by molar-refractivity contribution is 0.175. The van der Waals surface area contributed by atoms with E-state index >= 15 is 0 Å². The van der Waals surface area contributed by atoms with Crippen LogP contribution in [-0.2, 0) is 0 Å². The van der Waals surface area contributed by atoms with Crippen molar-refractivity contribution in [2.45, 2.75) is 50.9 Å². The van der Waals surface area contributed by atoms with E-state index in [-0.39, 0.29) is 5.54 Å². The molecule has 0 amide bonds. The monoisotopic (exact) mass is 306 g/mol. The third-order valence-electron chi connectivity index (χ3n) is 3.91. The normalized spacial score (nSPS) is 21.2. The van der Waals surface area contributed by atoms with E-state index in [2.05, 4.69) is 86.9 Å². The molecule has 118 valence electrons. The number of nitrogens with zero attached hydrogens (tertiary/aromatic N) is 1. The summed E-state index contributed by atoms with van der Waals surface area (Å²) in [4.78, 5) is 2.66. The van der Waals surface area contributed by atoms with Gasteiger partial charge in [0, 0.05) is 41.7 Å². The van der Waals surface area contributed by atoms with Gasteiger partial charge < -0.3 is 5.32 Å². The van der Waals surface area contributed by atoms with Gasteiger partial charge in [-0.25, -0.2) is 0 Å². The summed E-state index contributed by atoms with van der Waals surface area (Å²) in [6.45, 7) is 14.8. The molecule has 1 aliphatic rings. The Bertz CT molecular complexity index is 436. The Hall–Kier alpha value is -0.510. The molecule has 0 saturated carbocycles. The van der Waals surface area contributed by atoms with E-state index in [0.29, 0.717) is 10.8 Å². The molecular weight excluding hydrogens is 276 g/mol. The second-order valence-corrected chi connectivity index (χ2v) is 9.44. The van der Waals surface area contributed by atoms with Gasteiger partial charge in [0.05, 0.1) is 0 Å². The summed E-state index contributed by atoms with van der Waals surface area (Å²) < 4.78 is 0.354. The molecule has 0 aromatic heterocycles. The SMILES string of the molecule is CC(C)(C)NCC(c1ccccc1)N1CCSC(C)(C)C1. The lowest BCUT2D eigenvalue weighted by Crippen LogP contribution is -2.49. The second-order valence-electron chi connectivity index (χ2n) is 7.64. The van der Waals surface area contributed by atoms with E-state index in [0.717, 1.165) is 13.1 Å². The van der Waals surface area contributed by atoms with Crippen molar-refractivity contribution in [3.8, 4) is 0 Å². The van der Waals surface area contributed by atoms with Crippen LogP contribution in [0.4, 0.5) is 0 Å². The van der Waals surface area contributed by atoms with E-state index in [1.165, 1.54) is 17.9 Å². The zero-order valence-electron chi connectivity index (χ0n) is 14.1. The molecule has 2 nitrogen and oxygen atoms in total. The van der Waals surface area contributed by atoms with E-state index in [1.807, 2.05) is 0 Å². The average molecular weight is 307 g/mol. The fourth-order valence-electron chi connectivity index (χ4n) is 2.85. The van der Waals surface area contributed by atoms with Crippen LogP contribution >= 0.6 is 11.8 Å². The summed E-state index contributed by atoms with van der Waals surface area (Å²) in [6.07, 6.45) is 0. The second kappa shape index (κ2) is 6.72.